The number of aryl methyl sites for hydroxylation is 1. The Labute approximate surface area is 154 Å². The predicted octanol–water partition coefficient (Wildman–Crippen LogP) is 4.17. The lowest BCUT2D eigenvalue weighted by Crippen LogP contribution is -2.04. The Morgan fingerprint density at radius 1 is 1.00 bits per heavy atom. The molecule has 0 radical (unpaired) electrons. The summed E-state index contributed by atoms with van der Waals surface area (Å²) in [6.45, 7) is 2.01. The summed E-state index contributed by atoms with van der Waals surface area (Å²) >= 11 is 0. The van der Waals surface area contributed by atoms with Gasteiger partial charge in [0.15, 0.2) is 17.5 Å². The van der Waals surface area contributed by atoms with Gasteiger partial charge in [0.25, 0.3) is 0 Å². The number of hydrogen-bond acceptors (Lipinski definition) is 4. The van der Waals surface area contributed by atoms with E-state index < -0.39 is 11.6 Å². The molecule has 0 bridgehead atoms. The lowest BCUT2D eigenvalue weighted by atomic mass is 10.0. The second-order valence-electron chi connectivity index (χ2n) is 6.12. The zero-order valence-electron chi connectivity index (χ0n) is 14.4. The quantitative estimate of drug-likeness (QED) is 0.593. The van der Waals surface area contributed by atoms with Crippen LogP contribution in [0, 0.1) is 18.6 Å². The minimum Gasteiger partial charge on any atom is -0.383 e. The Balaban J connectivity index is 1.86. The smallest absolute Gasteiger partial charge is 0.182 e. The maximum absolute atomic E-state index is 14.2. The van der Waals surface area contributed by atoms with Crippen molar-refractivity contribution in [1.29, 1.82) is 0 Å². The van der Waals surface area contributed by atoms with Gasteiger partial charge in [0.2, 0.25) is 0 Å². The van der Waals surface area contributed by atoms with Crippen LogP contribution in [0.1, 0.15) is 5.56 Å². The van der Waals surface area contributed by atoms with Crippen LogP contribution in [0.25, 0.3) is 28.2 Å². The summed E-state index contributed by atoms with van der Waals surface area (Å²) in [5.74, 6) is -1.44. The maximum atomic E-state index is 14.2. The average Bonchev–Trinajstić information content (AvgIpc) is 3.14. The average molecular weight is 363 g/mol. The third kappa shape index (κ3) is 3.03. The number of hydrogen-bond donors (Lipinski definition) is 1. The van der Waals surface area contributed by atoms with E-state index in [2.05, 4.69) is 15.2 Å². The van der Waals surface area contributed by atoms with E-state index in [1.807, 2.05) is 37.3 Å². The SMILES string of the molecule is Cc1ccc(-c2cnc(N)c(-c3nncn3-c3cccc(F)c3F)c2)cc1. The highest BCUT2D eigenvalue weighted by molar-refractivity contribution is 5.76. The molecule has 0 aliphatic heterocycles. The second kappa shape index (κ2) is 6.60. The number of pyridine rings is 1. The van der Waals surface area contributed by atoms with Crippen LogP contribution in [0.5, 0.6) is 0 Å². The zero-order valence-corrected chi connectivity index (χ0v) is 14.4. The summed E-state index contributed by atoms with van der Waals surface area (Å²) in [6.07, 6.45) is 2.97. The first-order valence-electron chi connectivity index (χ1n) is 8.22. The molecular weight excluding hydrogens is 348 g/mol. The van der Waals surface area contributed by atoms with E-state index in [1.165, 1.54) is 23.0 Å². The zero-order chi connectivity index (χ0) is 19.0. The summed E-state index contributed by atoms with van der Waals surface area (Å²) < 4.78 is 29.2. The van der Waals surface area contributed by atoms with E-state index in [-0.39, 0.29) is 17.3 Å². The minimum atomic E-state index is -0.986. The van der Waals surface area contributed by atoms with Gasteiger partial charge in [-0.1, -0.05) is 35.9 Å². The van der Waals surface area contributed by atoms with Gasteiger partial charge in [-0.3, -0.25) is 4.57 Å². The molecule has 134 valence electrons. The first-order valence-corrected chi connectivity index (χ1v) is 8.22. The van der Waals surface area contributed by atoms with Gasteiger partial charge in [-0.25, -0.2) is 13.8 Å². The van der Waals surface area contributed by atoms with Crippen molar-refractivity contribution in [1.82, 2.24) is 19.7 Å². The Kier molecular flexibility index (Phi) is 4.12. The van der Waals surface area contributed by atoms with Crippen molar-refractivity contribution in [3.63, 3.8) is 0 Å². The normalized spacial score (nSPS) is 10.9. The lowest BCUT2D eigenvalue weighted by molar-refractivity contribution is 0.504. The summed E-state index contributed by atoms with van der Waals surface area (Å²) in [5.41, 5.74) is 9.44. The van der Waals surface area contributed by atoms with Crippen molar-refractivity contribution in [3.05, 3.63) is 78.3 Å². The first kappa shape index (κ1) is 16.8. The summed E-state index contributed by atoms with van der Waals surface area (Å²) in [4.78, 5) is 4.24. The van der Waals surface area contributed by atoms with E-state index in [4.69, 9.17) is 5.73 Å². The molecule has 0 amide bonds. The molecule has 2 aromatic heterocycles. The van der Waals surface area contributed by atoms with Crippen molar-refractivity contribution < 1.29 is 8.78 Å². The van der Waals surface area contributed by atoms with Gasteiger partial charge in [-0.2, -0.15) is 0 Å². The second-order valence-corrected chi connectivity index (χ2v) is 6.12. The molecule has 0 unspecified atom stereocenters. The molecule has 0 spiro atoms. The molecule has 0 aliphatic rings. The molecule has 0 saturated heterocycles. The van der Waals surface area contributed by atoms with Gasteiger partial charge in [0, 0.05) is 11.8 Å². The van der Waals surface area contributed by atoms with Gasteiger partial charge in [0.1, 0.15) is 12.1 Å². The number of benzene rings is 2. The van der Waals surface area contributed by atoms with E-state index >= 15 is 0 Å². The van der Waals surface area contributed by atoms with Gasteiger partial charge >= 0.3 is 0 Å². The largest absolute Gasteiger partial charge is 0.383 e. The van der Waals surface area contributed by atoms with Crippen LogP contribution < -0.4 is 5.73 Å². The van der Waals surface area contributed by atoms with E-state index in [9.17, 15) is 8.78 Å². The van der Waals surface area contributed by atoms with Gasteiger partial charge in [0.05, 0.1) is 11.3 Å². The van der Waals surface area contributed by atoms with Gasteiger partial charge < -0.3 is 5.73 Å². The Hall–Kier alpha value is -3.61. The Morgan fingerprint density at radius 3 is 2.56 bits per heavy atom. The monoisotopic (exact) mass is 363 g/mol. The lowest BCUT2D eigenvalue weighted by Gasteiger charge is -2.11. The molecule has 5 nitrogen and oxygen atoms in total. The van der Waals surface area contributed by atoms with Gasteiger partial charge in [-0.15, -0.1) is 10.2 Å². The molecule has 2 heterocycles. The molecule has 2 aromatic carbocycles. The van der Waals surface area contributed by atoms with Crippen molar-refractivity contribution >= 4 is 5.82 Å². The van der Waals surface area contributed by atoms with Crippen LogP contribution in [-0.4, -0.2) is 19.7 Å². The molecule has 27 heavy (non-hydrogen) atoms. The number of rotatable bonds is 3. The molecule has 0 saturated carbocycles. The maximum Gasteiger partial charge on any atom is 0.182 e. The Bertz CT molecular complexity index is 1120. The number of halogens is 2. The molecule has 0 fully saturated rings. The van der Waals surface area contributed by atoms with E-state index in [0.29, 0.717) is 5.56 Å². The minimum absolute atomic E-state index is 0.00450. The number of nitrogen functional groups attached to an aromatic ring is 1. The van der Waals surface area contributed by atoms with Crippen molar-refractivity contribution in [2.24, 2.45) is 0 Å². The molecular formula is C20H15F2N5. The number of anilines is 1. The fraction of sp³-hybridized carbons (Fsp3) is 0.0500. The summed E-state index contributed by atoms with van der Waals surface area (Å²) in [7, 11) is 0. The summed E-state index contributed by atoms with van der Waals surface area (Å²) in [5, 5.41) is 7.89. The van der Waals surface area contributed by atoms with Crippen LogP contribution >= 0.6 is 0 Å². The van der Waals surface area contributed by atoms with Crippen molar-refractivity contribution in [2.75, 3.05) is 5.73 Å². The standard InChI is InChI=1S/C20H15F2N5/c1-12-5-7-13(8-6-12)14-9-15(19(23)24-10-14)20-26-25-11-27(20)17-4-2-3-16(21)18(17)22/h2-11H,1H3,(H2,23,24). The molecule has 0 atom stereocenters. The highest BCUT2D eigenvalue weighted by atomic mass is 19.2. The summed E-state index contributed by atoms with van der Waals surface area (Å²) in [6, 6.07) is 13.7. The molecule has 4 aromatic rings. The van der Waals surface area contributed by atoms with Crippen LogP contribution in [0.3, 0.4) is 0 Å². The van der Waals surface area contributed by atoms with Crippen LogP contribution in [0.2, 0.25) is 0 Å². The predicted molar refractivity (Wildman–Crippen MR) is 99.1 cm³/mol. The molecule has 0 aliphatic carbocycles. The van der Waals surface area contributed by atoms with Crippen LogP contribution in [0.15, 0.2) is 61.1 Å². The fourth-order valence-electron chi connectivity index (χ4n) is 2.83. The fourth-order valence-corrected chi connectivity index (χ4v) is 2.83. The molecule has 2 N–H and O–H groups in total. The van der Waals surface area contributed by atoms with Crippen molar-refractivity contribution in [3.8, 4) is 28.2 Å². The van der Waals surface area contributed by atoms with E-state index in [0.717, 1.165) is 22.8 Å². The number of aromatic nitrogens is 4. The molecule has 4 rings (SSSR count). The van der Waals surface area contributed by atoms with E-state index in [1.54, 1.807) is 6.20 Å². The third-order valence-electron chi connectivity index (χ3n) is 4.28. The topological polar surface area (TPSA) is 69.6 Å². The van der Waals surface area contributed by atoms with Gasteiger partial charge in [-0.05, 0) is 30.7 Å². The molecule has 7 heteroatoms. The highest BCUT2D eigenvalue weighted by Crippen LogP contribution is 2.30. The number of nitrogens with two attached hydrogens (primary N) is 1. The Morgan fingerprint density at radius 2 is 1.78 bits per heavy atom. The van der Waals surface area contributed by atoms with Crippen LogP contribution in [-0.2, 0) is 0 Å². The first-order chi connectivity index (χ1) is 13.0. The number of nitrogens with zero attached hydrogens (tertiary/aromatic N) is 4. The highest BCUT2D eigenvalue weighted by Gasteiger charge is 2.18. The van der Waals surface area contributed by atoms with Crippen LogP contribution in [0.4, 0.5) is 14.6 Å². The third-order valence-corrected chi connectivity index (χ3v) is 4.28. The van der Waals surface area contributed by atoms with Crippen molar-refractivity contribution in [2.45, 2.75) is 6.92 Å².